The van der Waals surface area contributed by atoms with E-state index in [2.05, 4.69) is 20.6 Å². The van der Waals surface area contributed by atoms with Crippen molar-refractivity contribution in [2.24, 2.45) is 0 Å². The van der Waals surface area contributed by atoms with E-state index < -0.39 is 0 Å². The van der Waals surface area contributed by atoms with Gasteiger partial charge in [0.1, 0.15) is 0 Å². The SMILES string of the molecule is CC(=O)c1ccc(Nc2ncc(C(=O)NC(C)C)cn2)cc1. The Balaban J connectivity index is 2.04. The van der Waals surface area contributed by atoms with Crippen molar-refractivity contribution >= 4 is 23.3 Å². The Kier molecular flexibility index (Phi) is 4.83. The summed E-state index contributed by atoms with van der Waals surface area (Å²) < 4.78 is 0. The normalized spacial score (nSPS) is 10.4. The van der Waals surface area contributed by atoms with Gasteiger partial charge in [-0.25, -0.2) is 9.97 Å². The number of anilines is 2. The summed E-state index contributed by atoms with van der Waals surface area (Å²) >= 11 is 0. The quantitative estimate of drug-likeness (QED) is 0.829. The highest BCUT2D eigenvalue weighted by atomic mass is 16.1. The van der Waals surface area contributed by atoms with Gasteiger partial charge in [-0.2, -0.15) is 0 Å². The number of aromatic nitrogens is 2. The summed E-state index contributed by atoms with van der Waals surface area (Å²) in [6, 6.07) is 7.08. The molecule has 0 aliphatic heterocycles. The van der Waals surface area contributed by atoms with Crippen LogP contribution in [0.15, 0.2) is 36.7 Å². The van der Waals surface area contributed by atoms with Crippen LogP contribution >= 0.6 is 0 Å². The fourth-order valence-corrected chi connectivity index (χ4v) is 1.77. The summed E-state index contributed by atoms with van der Waals surface area (Å²) in [4.78, 5) is 31.2. The average Bonchev–Trinajstić information content (AvgIpc) is 2.48. The summed E-state index contributed by atoms with van der Waals surface area (Å²) in [7, 11) is 0. The summed E-state index contributed by atoms with van der Waals surface area (Å²) in [6.07, 6.45) is 2.94. The maximum atomic E-state index is 11.8. The lowest BCUT2D eigenvalue weighted by molar-refractivity contribution is 0.0941. The van der Waals surface area contributed by atoms with Crippen molar-refractivity contribution in [3.8, 4) is 0 Å². The predicted molar refractivity (Wildman–Crippen MR) is 84.4 cm³/mol. The van der Waals surface area contributed by atoms with Gasteiger partial charge in [-0.3, -0.25) is 9.59 Å². The molecule has 0 bridgehead atoms. The molecule has 0 aliphatic rings. The molecule has 0 unspecified atom stereocenters. The number of carbonyl (C=O) groups excluding carboxylic acids is 2. The van der Waals surface area contributed by atoms with Crippen molar-refractivity contribution in [3.63, 3.8) is 0 Å². The van der Waals surface area contributed by atoms with Gasteiger partial charge in [0.15, 0.2) is 5.78 Å². The first-order valence-corrected chi connectivity index (χ1v) is 6.96. The summed E-state index contributed by atoms with van der Waals surface area (Å²) in [5.74, 6) is 0.201. The van der Waals surface area contributed by atoms with Crippen LogP contribution in [0.5, 0.6) is 0 Å². The van der Waals surface area contributed by atoms with Crippen LogP contribution in [0.4, 0.5) is 11.6 Å². The average molecular weight is 298 g/mol. The Hall–Kier alpha value is -2.76. The van der Waals surface area contributed by atoms with Crippen molar-refractivity contribution in [3.05, 3.63) is 47.8 Å². The summed E-state index contributed by atoms with van der Waals surface area (Å²) in [6.45, 7) is 5.30. The minimum atomic E-state index is -0.202. The monoisotopic (exact) mass is 298 g/mol. The standard InChI is InChI=1S/C16H18N4O2/c1-10(2)19-15(22)13-8-17-16(18-9-13)20-14-6-4-12(5-7-14)11(3)21/h4-10H,1-3H3,(H,19,22)(H,17,18,20). The van der Waals surface area contributed by atoms with Crippen molar-refractivity contribution < 1.29 is 9.59 Å². The highest BCUT2D eigenvalue weighted by Crippen LogP contribution is 2.14. The molecule has 0 aliphatic carbocycles. The maximum absolute atomic E-state index is 11.8. The molecule has 0 saturated heterocycles. The van der Waals surface area contributed by atoms with Crippen molar-refractivity contribution in [2.45, 2.75) is 26.8 Å². The number of hydrogen-bond acceptors (Lipinski definition) is 5. The van der Waals surface area contributed by atoms with Gasteiger partial charge >= 0.3 is 0 Å². The number of hydrogen-bond donors (Lipinski definition) is 2. The number of benzene rings is 1. The fourth-order valence-electron chi connectivity index (χ4n) is 1.77. The fraction of sp³-hybridized carbons (Fsp3) is 0.250. The summed E-state index contributed by atoms with van der Waals surface area (Å²) in [5.41, 5.74) is 1.82. The largest absolute Gasteiger partial charge is 0.350 e. The van der Waals surface area contributed by atoms with E-state index in [1.165, 1.54) is 19.3 Å². The zero-order valence-corrected chi connectivity index (χ0v) is 12.8. The molecule has 1 aromatic carbocycles. The second kappa shape index (κ2) is 6.80. The van der Waals surface area contributed by atoms with Gasteiger partial charge in [-0.1, -0.05) is 0 Å². The van der Waals surface area contributed by atoms with E-state index in [1.807, 2.05) is 13.8 Å². The van der Waals surface area contributed by atoms with Crippen LogP contribution in [0.25, 0.3) is 0 Å². The second-order valence-electron chi connectivity index (χ2n) is 5.18. The molecule has 0 spiro atoms. The van der Waals surface area contributed by atoms with Crippen molar-refractivity contribution in [1.29, 1.82) is 0 Å². The smallest absolute Gasteiger partial charge is 0.254 e. The number of nitrogens with zero attached hydrogens (tertiary/aromatic N) is 2. The topological polar surface area (TPSA) is 84.0 Å². The van der Waals surface area contributed by atoms with Crippen LogP contribution in [-0.4, -0.2) is 27.7 Å². The van der Waals surface area contributed by atoms with Crippen LogP contribution in [0.3, 0.4) is 0 Å². The first-order chi connectivity index (χ1) is 10.5. The lowest BCUT2D eigenvalue weighted by Crippen LogP contribution is -2.30. The van der Waals surface area contributed by atoms with Gasteiger partial charge in [0.05, 0.1) is 5.56 Å². The molecule has 2 rings (SSSR count). The predicted octanol–water partition coefficient (Wildman–Crippen LogP) is 2.56. The number of ketones is 1. The van der Waals surface area contributed by atoms with E-state index in [0.717, 1.165) is 5.69 Å². The Morgan fingerprint density at radius 3 is 2.09 bits per heavy atom. The van der Waals surface area contributed by atoms with Crippen LogP contribution in [0.1, 0.15) is 41.5 Å². The van der Waals surface area contributed by atoms with E-state index in [-0.39, 0.29) is 17.7 Å². The molecule has 6 heteroatoms. The minimum absolute atomic E-state index is 0.0170. The van der Waals surface area contributed by atoms with Crippen LogP contribution in [-0.2, 0) is 0 Å². The van der Waals surface area contributed by atoms with Gasteiger partial charge in [0.2, 0.25) is 5.95 Å². The second-order valence-corrected chi connectivity index (χ2v) is 5.18. The Morgan fingerprint density at radius 2 is 1.59 bits per heavy atom. The van der Waals surface area contributed by atoms with E-state index in [1.54, 1.807) is 24.3 Å². The molecule has 1 heterocycles. The number of rotatable bonds is 5. The van der Waals surface area contributed by atoms with Crippen LogP contribution in [0.2, 0.25) is 0 Å². The molecule has 114 valence electrons. The molecule has 6 nitrogen and oxygen atoms in total. The van der Waals surface area contributed by atoms with Crippen LogP contribution < -0.4 is 10.6 Å². The number of amides is 1. The first-order valence-electron chi connectivity index (χ1n) is 6.96. The molecule has 22 heavy (non-hydrogen) atoms. The van der Waals surface area contributed by atoms with Crippen LogP contribution in [0, 0.1) is 0 Å². The van der Waals surface area contributed by atoms with E-state index >= 15 is 0 Å². The van der Waals surface area contributed by atoms with E-state index in [4.69, 9.17) is 0 Å². The Bertz CT molecular complexity index is 664. The highest BCUT2D eigenvalue weighted by Gasteiger charge is 2.08. The van der Waals surface area contributed by atoms with Gasteiger partial charge in [-0.05, 0) is 45.0 Å². The maximum Gasteiger partial charge on any atom is 0.254 e. The molecule has 0 atom stereocenters. The molecule has 0 radical (unpaired) electrons. The molecule has 0 saturated carbocycles. The molecular formula is C16H18N4O2. The third-order valence-corrected chi connectivity index (χ3v) is 2.88. The number of nitrogens with one attached hydrogen (secondary N) is 2. The molecule has 0 fully saturated rings. The molecular weight excluding hydrogens is 280 g/mol. The third kappa shape index (κ3) is 4.12. The first kappa shape index (κ1) is 15.6. The van der Waals surface area contributed by atoms with Gasteiger partial charge in [0, 0.05) is 29.7 Å². The van der Waals surface area contributed by atoms with Gasteiger partial charge in [-0.15, -0.1) is 0 Å². The Morgan fingerprint density at radius 1 is 1.00 bits per heavy atom. The van der Waals surface area contributed by atoms with E-state index in [0.29, 0.717) is 17.1 Å². The lowest BCUT2D eigenvalue weighted by Gasteiger charge is -2.08. The zero-order chi connectivity index (χ0) is 16.1. The van der Waals surface area contributed by atoms with E-state index in [9.17, 15) is 9.59 Å². The number of Topliss-reactive ketones (excluding diaryl/α,β-unsaturated/α-hetero) is 1. The number of carbonyl (C=O) groups is 2. The van der Waals surface area contributed by atoms with Gasteiger partial charge in [0.25, 0.3) is 5.91 Å². The van der Waals surface area contributed by atoms with Gasteiger partial charge < -0.3 is 10.6 Å². The van der Waals surface area contributed by atoms with Crippen molar-refractivity contribution in [2.75, 3.05) is 5.32 Å². The summed E-state index contributed by atoms with van der Waals surface area (Å²) in [5, 5.41) is 5.79. The molecule has 2 N–H and O–H groups in total. The lowest BCUT2D eigenvalue weighted by atomic mass is 10.1. The minimum Gasteiger partial charge on any atom is -0.350 e. The highest BCUT2D eigenvalue weighted by molar-refractivity contribution is 5.94. The third-order valence-electron chi connectivity index (χ3n) is 2.88. The van der Waals surface area contributed by atoms with Crippen molar-refractivity contribution in [1.82, 2.24) is 15.3 Å². The molecule has 2 aromatic rings. The zero-order valence-electron chi connectivity index (χ0n) is 12.8. The Labute approximate surface area is 129 Å². The molecule has 1 amide bonds. The molecule has 1 aromatic heterocycles.